The van der Waals surface area contributed by atoms with Gasteiger partial charge in [0, 0.05) is 7.05 Å². The van der Waals surface area contributed by atoms with Crippen molar-refractivity contribution in [3.63, 3.8) is 0 Å². The Balaban J connectivity index is 1.78. The van der Waals surface area contributed by atoms with E-state index < -0.39 is 15.8 Å². The maximum absolute atomic E-state index is 13.2. The number of nitrogens with zero attached hydrogens (tertiary/aromatic N) is 2. The zero-order chi connectivity index (χ0) is 17.3. The molecule has 0 saturated carbocycles. The van der Waals surface area contributed by atoms with Gasteiger partial charge in [-0.25, -0.2) is 17.5 Å². The van der Waals surface area contributed by atoms with Gasteiger partial charge in [-0.05, 0) is 36.4 Å². The SMILES string of the molecule is Cn1nc(CNS(=O)(=O)c2ccc(F)c(Cl)c2)cc1-c1ccco1. The predicted molar refractivity (Wildman–Crippen MR) is 86.3 cm³/mol. The van der Waals surface area contributed by atoms with E-state index in [1.54, 1.807) is 36.2 Å². The van der Waals surface area contributed by atoms with Gasteiger partial charge in [0.2, 0.25) is 10.0 Å². The fourth-order valence-electron chi connectivity index (χ4n) is 2.16. The summed E-state index contributed by atoms with van der Waals surface area (Å²) in [5.41, 5.74) is 1.24. The number of sulfonamides is 1. The third-order valence-corrected chi connectivity index (χ3v) is 5.04. The van der Waals surface area contributed by atoms with Crippen molar-refractivity contribution in [3.05, 3.63) is 59.2 Å². The van der Waals surface area contributed by atoms with E-state index >= 15 is 0 Å². The van der Waals surface area contributed by atoms with Crippen molar-refractivity contribution >= 4 is 21.6 Å². The second-order valence-electron chi connectivity index (χ2n) is 5.02. The van der Waals surface area contributed by atoms with Gasteiger partial charge in [0.05, 0.1) is 28.4 Å². The van der Waals surface area contributed by atoms with E-state index in [2.05, 4.69) is 9.82 Å². The average Bonchev–Trinajstić information content (AvgIpc) is 3.17. The van der Waals surface area contributed by atoms with Crippen LogP contribution in [0.4, 0.5) is 4.39 Å². The Morgan fingerprint density at radius 2 is 2.12 bits per heavy atom. The first-order valence-electron chi connectivity index (χ1n) is 6.88. The molecule has 6 nitrogen and oxygen atoms in total. The van der Waals surface area contributed by atoms with Gasteiger partial charge in [0.1, 0.15) is 11.5 Å². The Morgan fingerprint density at radius 1 is 1.33 bits per heavy atom. The van der Waals surface area contributed by atoms with Gasteiger partial charge in [-0.2, -0.15) is 5.10 Å². The summed E-state index contributed by atoms with van der Waals surface area (Å²) < 4.78 is 46.9. The predicted octanol–water partition coefficient (Wildman–Crippen LogP) is 2.95. The lowest BCUT2D eigenvalue weighted by Crippen LogP contribution is -2.23. The van der Waals surface area contributed by atoms with Gasteiger partial charge in [-0.3, -0.25) is 4.68 Å². The normalized spacial score (nSPS) is 11.8. The lowest BCUT2D eigenvalue weighted by Gasteiger charge is -2.06. The van der Waals surface area contributed by atoms with Crippen molar-refractivity contribution in [2.45, 2.75) is 11.4 Å². The number of nitrogens with one attached hydrogen (secondary N) is 1. The lowest BCUT2D eigenvalue weighted by atomic mass is 10.3. The molecule has 0 radical (unpaired) electrons. The van der Waals surface area contributed by atoms with Crippen molar-refractivity contribution in [1.29, 1.82) is 0 Å². The Bertz CT molecular complexity index is 968. The highest BCUT2D eigenvalue weighted by molar-refractivity contribution is 7.89. The number of rotatable bonds is 5. The molecule has 0 aliphatic rings. The maximum atomic E-state index is 13.2. The molecule has 1 N–H and O–H groups in total. The molecule has 0 saturated heterocycles. The summed E-state index contributed by atoms with van der Waals surface area (Å²) in [5, 5.41) is 3.98. The van der Waals surface area contributed by atoms with Crippen LogP contribution in [-0.4, -0.2) is 18.2 Å². The van der Waals surface area contributed by atoms with Crippen molar-refractivity contribution in [2.24, 2.45) is 7.05 Å². The van der Waals surface area contributed by atoms with Crippen LogP contribution in [0.1, 0.15) is 5.69 Å². The minimum atomic E-state index is -3.83. The molecule has 2 aromatic heterocycles. The molecule has 0 amide bonds. The average molecular weight is 370 g/mol. The van der Waals surface area contributed by atoms with Crippen LogP contribution < -0.4 is 4.72 Å². The first-order valence-corrected chi connectivity index (χ1v) is 8.74. The molecule has 0 spiro atoms. The molecular weight excluding hydrogens is 357 g/mol. The highest BCUT2D eigenvalue weighted by Crippen LogP contribution is 2.21. The van der Waals surface area contributed by atoms with Crippen LogP contribution in [0.15, 0.2) is 52.0 Å². The number of aromatic nitrogens is 2. The van der Waals surface area contributed by atoms with Crippen LogP contribution in [0.3, 0.4) is 0 Å². The highest BCUT2D eigenvalue weighted by Gasteiger charge is 2.17. The third kappa shape index (κ3) is 3.35. The zero-order valence-electron chi connectivity index (χ0n) is 12.5. The van der Waals surface area contributed by atoms with Gasteiger partial charge in [-0.15, -0.1) is 0 Å². The van der Waals surface area contributed by atoms with Crippen LogP contribution in [0.2, 0.25) is 5.02 Å². The molecule has 1 aromatic carbocycles. The molecule has 0 unspecified atom stereocenters. The molecule has 24 heavy (non-hydrogen) atoms. The van der Waals surface area contributed by atoms with Crippen LogP contribution >= 0.6 is 11.6 Å². The first-order chi connectivity index (χ1) is 11.4. The molecule has 0 aliphatic heterocycles. The summed E-state index contributed by atoms with van der Waals surface area (Å²) in [4.78, 5) is -0.115. The zero-order valence-corrected chi connectivity index (χ0v) is 14.1. The smallest absolute Gasteiger partial charge is 0.240 e. The fourth-order valence-corrected chi connectivity index (χ4v) is 3.43. The molecule has 0 aliphatic carbocycles. The quantitative estimate of drug-likeness (QED) is 0.750. The van der Waals surface area contributed by atoms with Gasteiger partial charge in [0.25, 0.3) is 0 Å². The molecule has 3 aromatic rings. The number of hydrogen-bond acceptors (Lipinski definition) is 4. The minimum Gasteiger partial charge on any atom is -0.463 e. The summed E-state index contributed by atoms with van der Waals surface area (Å²) in [6, 6.07) is 8.47. The van der Waals surface area contributed by atoms with E-state index in [0.29, 0.717) is 11.5 Å². The van der Waals surface area contributed by atoms with Crippen molar-refractivity contribution in [2.75, 3.05) is 0 Å². The molecule has 3 rings (SSSR count). The van der Waals surface area contributed by atoms with Crippen molar-refractivity contribution in [3.8, 4) is 11.5 Å². The van der Waals surface area contributed by atoms with Gasteiger partial charge >= 0.3 is 0 Å². The number of aryl methyl sites for hydroxylation is 1. The Morgan fingerprint density at radius 3 is 2.79 bits per heavy atom. The second kappa shape index (κ2) is 6.39. The number of halogens is 2. The van der Waals surface area contributed by atoms with E-state index in [1.165, 1.54) is 0 Å². The Kier molecular flexibility index (Phi) is 4.44. The Labute approximate surface area is 142 Å². The number of hydrogen-bond donors (Lipinski definition) is 1. The standard InChI is InChI=1S/C15H13ClFN3O3S/c1-20-14(15-3-2-6-23-15)7-10(19-20)9-18-24(21,22)11-4-5-13(17)12(16)8-11/h2-8,18H,9H2,1H3. The maximum Gasteiger partial charge on any atom is 0.240 e. The van der Waals surface area contributed by atoms with Crippen molar-refractivity contribution < 1.29 is 17.2 Å². The fraction of sp³-hybridized carbons (Fsp3) is 0.133. The van der Waals surface area contributed by atoms with E-state index in [0.717, 1.165) is 23.9 Å². The second-order valence-corrected chi connectivity index (χ2v) is 7.20. The number of benzene rings is 1. The van der Waals surface area contributed by atoms with Gasteiger partial charge in [0.15, 0.2) is 5.76 Å². The molecular formula is C15H13ClFN3O3S. The summed E-state index contributed by atoms with van der Waals surface area (Å²) in [7, 11) is -2.10. The molecule has 9 heteroatoms. The third-order valence-electron chi connectivity index (χ3n) is 3.35. The summed E-state index contributed by atoms with van der Waals surface area (Å²) in [6.45, 7) is -0.0219. The topological polar surface area (TPSA) is 77.1 Å². The van der Waals surface area contributed by atoms with Crippen LogP contribution in [0.25, 0.3) is 11.5 Å². The minimum absolute atomic E-state index is 0.0219. The summed E-state index contributed by atoms with van der Waals surface area (Å²) in [5.74, 6) is -0.0483. The molecule has 126 valence electrons. The molecule has 2 heterocycles. The Hall–Kier alpha value is -2.16. The largest absolute Gasteiger partial charge is 0.463 e. The highest BCUT2D eigenvalue weighted by atomic mass is 35.5. The molecule has 0 atom stereocenters. The van der Waals surface area contributed by atoms with Gasteiger partial charge in [-0.1, -0.05) is 11.6 Å². The van der Waals surface area contributed by atoms with E-state index in [4.69, 9.17) is 16.0 Å². The molecule has 0 fully saturated rings. The van der Waals surface area contributed by atoms with Crippen LogP contribution in [0, 0.1) is 5.82 Å². The van der Waals surface area contributed by atoms with Gasteiger partial charge < -0.3 is 4.42 Å². The summed E-state index contributed by atoms with van der Waals surface area (Å²) in [6.07, 6.45) is 1.54. The van der Waals surface area contributed by atoms with Crippen LogP contribution in [0.5, 0.6) is 0 Å². The van der Waals surface area contributed by atoms with Crippen molar-refractivity contribution in [1.82, 2.24) is 14.5 Å². The summed E-state index contributed by atoms with van der Waals surface area (Å²) >= 11 is 5.62. The first kappa shape index (κ1) is 16.7. The monoisotopic (exact) mass is 369 g/mol. The van der Waals surface area contributed by atoms with E-state index in [-0.39, 0.29) is 16.5 Å². The lowest BCUT2D eigenvalue weighted by molar-refractivity contribution is 0.571. The number of furan rings is 1. The van der Waals surface area contributed by atoms with E-state index in [1.807, 2.05) is 0 Å². The molecule has 0 bridgehead atoms. The van der Waals surface area contributed by atoms with Crippen LogP contribution in [-0.2, 0) is 23.6 Å². The van der Waals surface area contributed by atoms with E-state index in [9.17, 15) is 12.8 Å².